The fraction of sp³-hybridized carbons (Fsp3) is 0.409. The van der Waals surface area contributed by atoms with Crippen molar-refractivity contribution in [1.82, 2.24) is 0 Å². The molecule has 0 radical (unpaired) electrons. The van der Waals surface area contributed by atoms with E-state index in [9.17, 15) is 9.18 Å². The fourth-order valence-corrected chi connectivity index (χ4v) is 4.25. The summed E-state index contributed by atoms with van der Waals surface area (Å²) >= 11 is 1.48. The topological polar surface area (TPSA) is 35.5 Å². The first-order valence-corrected chi connectivity index (χ1v) is 10.0. The van der Waals surface area contributed by atoms with Crippen molar-refractivity contribution < 1.29 is 18.7 Å². The first-order chi connectivity index (χ1) is 12.9. The average Bonchev–Trinajstić information content (AvgIpc) is 2.68. The maximum atomic E-state index is 14.3. The molecule has 0 atom stereocenters. The Kier molecular flexibility index (Phi) is 6.35. The summed E-state index contributed by atoms with van der Waals surface area (Å²) in [5.74, 6) is -0.176. The first kappa shape index (κ1) is 20.1. The lowest BCUT2D eigenvalue weighted by atomic mass is 9.86. The van der Waals surface area contributed by atoms with Crippen molar-refractivity contribution in [2.45, 2.75) is 42.1 Å². The predicted octanol–water partition coefficient (Wildman–Crippen LogP) is 5.47. The molecule has 0 aliphatic carbocycles. The zero-order valence-corrected chi connectivity index (χ0v) is 16.8. The number of Topliss-reactive ketones (excluding diaryl/α,β-unsaturated/α-hetero) is 1. The number of carbonyl (C=O) groups is 1. The Bertz CT molecular complexity index is 796. The van der Waals surface area contributed by atoms with Crippen LogP contribution < -0.4 is 0 Å². The van der Waals surface area contributed by atoms with Crippen molar-refractivity contribution in [2.24, 2.45) is 5.92 Å². The Hall–Kier alpha value is -1.69. The Balaban J connectivity index is 1.83. The molecule has 0 aromatic heterocycles. The highest BCUT2D eigenvalue weighted by Crippen LogP contribution is 2.38. The minimum atomic E-state index is -0.497. The van der Waals surface area contributed by atoms with Crippen LogP contribution in [0.25, 0.3) is 0 Å². The molecule has 1 aliphatic heterocycles. The molecule has 1 saturated heterocycles. The van der Waals surface area contributed by atoms with E-state index in [0.717, 1.165) is 15.4 Å². The van der Waals surface area contributed by atoms with Gasteiger partial charge in [-0.05, 0) is 35.9 Å². The molecule has 2 aromatic carbocycles. The molecule has 0 saturated carbocycles. The second-order valence-corrected chi connectivity index (χ2v) is 8.28. The number of hydrogen-bond acceptors (Lipinski definition) is 4. The maximum Gasteiger partial charge on any atom is 0.165 e. The standard InChI is InChI=1S/C22H25FO3S/c1-15(2)21(24)16-4-6-19(7-5-16)27-20-13-17(12-18(23)14-20)22(25-3)8-10-26-11-9-22/h4-7,12-15H,8-11H2,1-3H3. The molecule has 2 aromatic rings. The number of ketones is 1. The summed E-state index contributed by atoms with van der Waals surface area (Å²) in [7, 11) is 1.67. The number of halogens is 1. The van der Waals surface area contributed by atoms with Crippen molar-refractivity contribution in [2.75, 3.05) is 20.3 Å². The van der Waals surface area contributed by atoms with Crippen molar-refractivity contribution in [1.29, 1.82) is 0 Å². The van der Waals surface area contributed by atoms with Gasteiger partial charge in [0.05, 0.1) is 5.60 Å². The van der Waals surface area contributed by atoms with E-state index in [2.05, 4.69) is 0 Å². The lowest BCUT2D eigenvalue weighted by molar-refractivity contribution is -0.0950. The average molecular weight is 389 g/mol. The van der Waals surface area contributed by atoms with Crippen molar-refractivity contribution in [3.05, 3.63) is 59.4 Å². The van der Waals surface area contributed by atoms with Crippen LogP contribution in [-0.4, -0.2) is 26.1 Å². The smallest absolute Gasteiger partial charge is 0.165 e. The van der Waals surface area contributed by atoms with E-state index >= 15 is 0 Å². The van der Waals surface area contributed by atoms with Crippen LogP contribution in [0.5, 0.6) is 0 Å². The van der Waals surface area contributed by atoms with Gasteiger partial charge in [0, 0.05) is 54.4 Å². The van der Waals surface area contributed by atoms with Gasteiger partial charge in [0.15, 0.2) is 5.78 Å². The minimum Gasteiger partial charge on any atom is -0.381 e. The molecule has 1 aliphatic rings. The molecule has 3 rings (SSSR count). The van der Waals surface area contributed by atoms with Crippen LogP contribution in [0.2, 0.25) is 0 Å². The summed E-state index contributed by atoms with van der Waals surface area (Å²) in [6, 6.07) is 12.6. The minimum absolute atomic E-state index is 0.0287. The maximum absolute atomic E-state index is 14.3. The van der Waals surface area contributed by atoms with E-state index in [1.165, 1.54) is 17.8 Å². The Labute approximate surface area is 164 Å². The van der Waals surface area contributed by atoms with Crippen molar-refractivity contribution >= 4 is 17.5 Å². The highest BCUT2D eigenvalue weighted by atomic mass is 32.2. The highest BCUT2D eigenvalue weighted by molar-refractivity contribution is 7.99. The molecule has 1 fully saturated rings. The van der Waals surface area contributed by atoms with Gasteiger partial charge in [0.1, 0.15) is 5.82 Å². The molecule has 0 unspecified atom stereocenters. The summed E-state index contributed by atoms with van der Waals surface area (Å²) < 4.78 is 25.5. The normalized spacial score (nSPS) is 16.5. The highest BCUT2D eigenvalue weighted by Gasteiger charge is 2.35. The zero-order chi connectivity index (χ0) is 19.4. The summed E-state index contributed by atoms with van der Waals surface area (Å²) in [5, 5.41) is 0. The molecule has 0 amide bonds. The van der Waals surface area contributed by atoms with Crippen LogP contribution in [0.1, 0.15) is 42.6 Å². The van der Waals surface area contributed by atoms with Crippen LogP contribution in [0.3, 0.4) is 0 Å². The number of carbonyl (C=O) groups excluding carboxylic acids is 1. The monoisotopic (exact) mass is 388 g/mol. The van der Waals surface area contributed by atoms with Crippen LogP contribution in [0.4, 0.5) is 4.39 Å². The van der Waals surface area contributed by atoms with E-state index in [1.807, 2.05) is 44.2 Å². The molecular weight excluding hydrogens is 363 g/mol. The molecule has 27 heavy (non-hydrogen) atoms. The third-order valence-corrected chi connectivity index (χ3v) is 5.97. The lowest BCUT2D eigenvalue weighted by Gasteiger charge is -2.36. The summed E-state index contributed by atoms with van der Waals surface area (Å²) in [6.07, 6.45) is 1.42. The molecular formula is C22H25FO3S. The number of benzene rings is 2. The molecule has 1 heterocycles. The third kappa shape index (κ3) is 4.60. The second-order valence-electron chi connectivity index (χ2n) is 7.13. The van der Waals surface area contributed by atoms with E-state index < -0.39 is 5.60 Å². The van der Waals surface area contributed by atoms with Crippen molar-refractivity contribution in [3.63, 3.8) is 0 Å². The van der Waals surface area contributed by atoms with Gasteiger partial charge in [0.25, 0.3) is 0 Å². The summed E-state index contributed by atoms with van der Waals surface area (Å²) in [5.41, 5.74) is 1.06. The van der Waals surface area contributed by atoms with Gasteiger partial charge in [-0.25, -0.2) is 4.39 Å². The molecule has 0 spiro atoms. The largest absolute Gasteiger partial charge is 0.381 e. The molecule has 5 heteroatoms. The number of hydrogen-bond donors (Lipinski definition) is 0. The fourth-order valence-electron chi connectivity index (χ4n) is 3.35. The van der Waals surface area contributed by atoms with Gasteiger partial charge in [-0.2, -0.15) is 0 Å². The Morgan fingerprint density at radius 3 is 2.37 bits per heavy atom. The number of methoxy groups -OCH3 is 1. The number of ether oxygens (including phenoxy) is 2. The first-order valence-electron chi connectivity index (χ1n) is 9.19. The third-order valence-electron chi connectivity index (χ3n) is 4.99. The predicted molar refractivity (Wildman–Crippen MR) is 105 cm³/mol. The van der Waals surface area contributed by atoms with Gasteiger partial charge >= 0.3 is 0 Å². The van der Waals surface area contributed by atoms with Crippen LogP contribution in [0, 0.1) is 11.7 Å². The zero-order valence-electron chi connectivity index (χ0n) is 16.0. The number of rotatable bonds is 6. The second kappa shape index (κ2) is 8.55. The Morgan fingerprint density at radius 1 is 1.11 bits per heavy atom. The molecule has 0 bridgehead atoms. The quantitative estimate of drug-likeness (QED) is 0.615. The van der Waals surface area contributed by atoms with Crippen LogP contribution in [-0.2, 0) is 15.1 Å². The van der Waals surface area contributed by atoms with E-state index in [1.54, 1.807) is 13.2 Å². The Morgan fingerprint density at radius 2 is 1.78 bits per heavy atom. The lowest BCUT2D eigenvalue weighted by Crippen LogP contribution is -2.35. The van der Waals surface area contributed by atoms with E-state index in [4.69, 9.17) is 9.47 Å². The van der Waals surface area contributed by atoms with E-state index in [0.29, 0.717) is 31.6 Å². The van der Waals surface area contributed by atoms with E-state index in [-0.39, 0.29) is 17.5 Å². The van der Waals surface area contributed by atoms with Crippen molar-refractivity contribution in [3.8, 4) is 0 Å². The van der Waals surface area contributed by atoms with Gasteiger partial charge in [-0.3, -0.25) is 4.79 Å². The van der Waals surface area contributed by atoms with Crippen LogP contribution >= 0.6 is 11.8 Å². The van der Waals surface area contributed by atoms with Crippen LogP contribution in [0.15, 0.2) is 52.3 Å². The van der Waals surface area contributed by atoms with Gasteiger partial charge in [-0.15, -0.1) is 0 Å². The summed E-state index contributed by atoms with van der Waals surface area (Å²) in [4.78, 5) is 13.8. The molecule has 3 nitrogen and oxygen atoms in total. The van der Waals surface area contributed by atoms with Gasteiger partial charge in [0.2, 0.25) is 0 Å². The molecule has 144 valence electrons. The SMILES string of the molecule is COC1(c2cc(F)cc(Sc3ccc(C(=O)C(C)C)cc3)c2)CCOCC1. The van der Waals surface area contributed by atoms with Gasteiger partial charge < -0.3 is 9.47 Å². The summed E-state index contributed by atoms with van der Waals surface area (Å²) in [6.45, 7) is 5.00. The molecule has 0 N–H and O–H groups in total. The van der Waals surface area contributed by atoms with Gasteiger partial charge in [-0.1, -0.05) is 37.7 Å².